The number of methoxy groups -OCH3 is 2. The molecule has 0 aliphatic carbocycles. The number of hydrogen-bond donors (Lipinski definition) is 1. The van der Waals surface area contributed by atoms with Crippen molar-refractivity contribution in [2.75, 3.05) is 20.8 Å². The van der Waals surface area contributed by atoms with Gasteiger partial charge in [-0.1, -0.05) is 6.07 Å². The highest BCUT2D eigenvalue weighted by molar-refractivity contribution is 5.62. The summed E-state index contributed by atoms with van der Waals surface area (Å²) in [5.41, 5.74) is 2.04. The number of benzene rings is 1. The number of rotatable bonds is 8. The van der Waals surface area contributed by atoms with Crippen molar-refractivity contribution in [2.24, 2.45) is 0 Å². The van der Waals surface area contributed by atoms with Crippen molar-refractivity contribution < 1.29 is 13.9 Å². The molecule has 25 heavy (non-hydrogen) atoms. The number of aromatic nitrogens is 1. The first-order valence-corrected chi connectivity index (χ1v) is 8.22. The van der Waals surface area contributed by atoms with Gasteiger partial charge >= 0.3 is 0 Å². The molecule has 2 heterocycles. The third kappa shape index (κ3) is 4.39. The topological polar surface area (TPSA) is 56.5 Å². The van der Waals surface area contributed by atoms with E-state index >= 15 is 0 Å². The van der Waals surface area contributed by atoms with Gasteiger partial charge in [0.25, 0.3) is 0 Å². The van der Waals surface area contributed by atoms with E-state index in [1.165, 1.54) is 0 Å². The molecule has 0 bridgehead atoms. The van der Waals surface area contributed by atoms with Crippen LogP contribution in [-0.4, -0.2) is 25.7 Å². The predicted molar refractivity (Wildman–Crippen MR) is 96.9 cm³/mol. The Balaban J connectivity index is 1.57. The zero-order valence-corrected chi connectivity index (χ0v) is 14.5. The fourth-order valence-corrected chi connectivity index (χ4v) is 2.59. The van der Waals surface area contributed by atoms with Gasteiger partial charge in [0.1, 0.15) is 11.5 Å². The lowest BCUT2D eigenvalue weighted by atomic mass is 10.1. The zero-order chi connectivity index (χ0) is 17.5. The van der Waals surface area contributed by atoms with Crippen molar-refractivity contribution in [3.8, 4) is 22.8 Å². The van der Waals surface area contributed by atoms with Crippen molar-refractivity contribution in [1.29, 1.82) is 0 Å². The van der Waals surface area contributed by atoms with E-state index in [1.807, 2.05) is 54.7 Å². The average Bonchev–Trinajstić information content (AvgIpc) is 3.14. The van der Waals surface area contributed by atoms with Crippen molar-refractivity contribution in [3.63, 3.8) is 0 Å². The SMILES string of the molecule is COc1ccc(-c2ccc(CNCCc3ccccn3)o2)cc1OC. The van der Waals surface area contributed by atoms with E-state index in [1.54, 1.807) is 14.2 Å². The Kier molecular flexibility index (Phi) is 5.69. The molecule has 5 heteroatoms. The highest BCUT2D eigenvalue weighted by Crippen LogP contribution is 2.32. The summed E-state index contributed by atoms with van der Waals surface area (Å²) in [7, 11) is 3.25. The third-order valence-electron chi connectivity index (χ3n) is 3.91. The minimum absolute atomic E-state index is 0.681. The first kappa shape index (κ1) is 17.0. The first-order chi connectivity index (χ1) is 12.3. The molecule has 0 spiro atoms. The molecule has 0 unspecified atom stereocenters. The molecule has 0 atom stereocenters. The van der Waals surface area contributed by atoms with Crippen LogP contribution in [0, 0.1) is 0 Å². The van der Waals surface area contributed by atoms with Crippen molar-refractivity contribution in [1.82, 2.24) is 10.3 Å². The van der Waals surface area contributed by atoms with Crippen LogP contribution in [0.3, 0.4) is 0 Å². The minimum atomic E-state index is 0.681. The molecule has 0 amide bonds. The summed E-state index contributed by atoms with van der Waals surface area (Å²) >= 11 is 0. The van der Waals surface area contributed by atoms with Gasteiger partial charge in [-0.15, -0.1) is 0 Å². The molecule has 0 saturated carbocycles. The van der Waals surface area contributed by atoms with Gasteiger partial charge in [-0.3, -0.25) is 4.98 Å². The monoisotopic (exact) mass is 338 g/mol. The molecule has 5 nitrogen and oxygen atoms in total. The highest BCUT2D eigenvalue weighted by atomic mass is 16.5. The smallest absolute Gasteiger partial charge is 0.161 e. The molecule has 0 aliphatic rings. The van der Waals surface area contributed by atoms with Crippen LogP contribution in [0.2, 0.25) is 0 Å². The van der Waals surface area contributed by atoms with Crippen LogP contribution in [-0.2, 0) is 13.0 Å². The summed E-state index contributed by atoms with van der Waals surface area (Å²) in [5, 5.41) is 3.38. The van der Waals surface area contributed by atoms with Gasteiger partial charge in [0.05, 0.1) is 20.8 Å². The average molecular weight is 338 g/mol. The van der Waals surface area contributed by atoms with Gasteiger partial charge in [-0.2, -0.15) is 0 Å². The van der Waals surface area contributed by atoms with Crippen LogP contribution in [0.5, 0.6) is 11.5 Å². The second-order valence-corrected chi connectivity index (χ2v) is 5.58. The Hall–Kier alpha value is -2.79. The summed E-state index contributed by atoms with van der Waals surface area (Å²) < 4.78 is 16.5. The van der Waals surface area contributed by atoms with Gasteiger partial charge in [0.15, 0.2) is 11.5 Å². The maximum absolute atomic E-state index is 5.92. The van der Waals surface area contributed by atoms with Crippen molar-refractivity contribution >= 4 is 0 Å². The maximum Gasteiger partial charge on any atom is 0.161 e. The number of hydrogen-bond acceptors (Lipinski definition) is 5. The summed E-state index contributed by atoms with van der Waals surface area (Å²) in [4.78, 5) is 4.31. The fraction of sp³-hybridized carbons (Fsp3) is 0.250. The molecular weight excluding hydrogens is 316 g/mol. The lowest BCUT2D eigenvalue weighted by Crippen LogP contribution is -2.16. The molecule has 1 N–H and O–H groups in total. The second kappa shape index (κ2) is 8.35. The Morgan fingerprint density at radius 2 is 1.88 bits per heavy atom. The minimum Gasteiger partial charge on any atom is -0.493 e. The van der Waals surface area contributed by atoms with Crippen LogP contribution in [0.15, 0.2) is 59.1 Å². The Morgan fingerprint density at radius 3 is 2.64 bits per heavy atom. The molecule has 0 saturated heterocycles. The quantitative estimate of drug-likeness (QED) is 0.635. The Bertz CT molecular complexity index is 800. The molecular formula is C20H22N2O3. The second-order valence-electron chi connectivity index (χ2n) is 5.58. The van der Waals surface area contributed by atoms with E-state index in [-0.39, 0.29) is 0 Å². The van der Waals surface area contributed by atoms with Crippen molar-refractivity contribution in [2.45, 2.75) is 13.0 Å². The summed E-state index contributed by atoms with van der Waals surface area (Å²) in [5.74, 6) is 3.09. The molecule has 2 aromatic heterocycles. The van der Waals surface area contributed by atoms with E-state index in [9.17, 15) is 0 Å². The fourth-order valence-electron chi connectivity index (χ4n) is 2.59. The van der Waals surface area contributed by atoms with Crippen LogP contribution < -0.4 is 14.8 Å². The predicted octanol–water partition coefficient (Wildman–Crippen LogP) is 3.69. The van der Waals surface area contributed by atoms with Gasteiger partial charge in [-0.25, -0.2) is 0 Å². The van der Waals surface area contributed by atoms with E-state index in [0.29, 0.717) is 18.0 Å². The van der Waals surface area contributed by atoms with Gasteiger partial charge in [-0.05, 0) is 42.5 Å². The van der Waals surface area contributed by atoms with E-state index in [2.05, 4.69) is 10.3 Å². The molecule has 0 aliphatic heterocycles. The number of ether oxygens (including phenoxy) is 2. The van der Waals surface area contributed by atoms with Crippen LogP contribution in [0.1, 0.15) is 11.5 Å². The van der Waals surface area contributed by atoms with Gasteiger partial charge in [0.2, 0.25) is 0 Å². The summed E-state index contributed by atoms with van der Waals surface area (Å²) in [6.45, 7) is 1.53. The van der Waals surface area contributed by atoms with E-state index in [0.717, 1.165) is 35.7 Å². The molecule has 130 valence electrons. The van der Waals surface area contributed by atoms with Crippen molar-refractivity contribution in [3.05, 3.63) is 66.2 Å². The molecule has 0 radical (unpaired) electrons. The summed E-state index contributed by atoms with van der Waals surface area (Å²) in [6.07, 6.45) is 2.71. The Morgan fingerprint density at radius 1 is 1.00 bits per heavy atom. The molecule has 3 aromatic rings. The third-order valence-corrected chi connectivity index (χ3v) is 3.91. The maximum atomic E-state index is 5.92. The van der Waals surface area contributed by atoms with Crippen LogP contribution in [0.4, 0.5) is 0 Å². The number of nitrogens with one attached hydrogen (secondary N) is 1. The normalized spacial score (nSPS) is 10.6. The summed E-state index contributed by atoms with van der Waals surface area (Å²) in [6, 6.07) is 15.7. The number of nitrogens with zero attached hydrogens (tertiary/aromatic N) is 1. The molecule has 1 aromatic carbocycles. The number of pyridine rings is 1. The lowest BCUT2D eigenvalue weighted by Gasteiger charge is -2.08. The molecule has 0 fully saturated rings. The van der Waals surface area contributed by atoms with Gasteiger partial charge < -0.3 is 19.2 Å². The highest BCUT2D eigenvalue weighted by Gasteiger charge is 2.09. The number of furan rings is 1. The van der Waals surface area contributed by atoms with E-state index < -0.39 is 0 Å². The van der Waals surface area contributed by atoms with Gasteiger partial charge in [0, 0.05) is 30.4 Å². The van der Waals surface area contributed by atoms with Crippen LogP contribution >= 0.6 is 0 Å². The molecule has 3 rings (SSSR count). The first-order valence-electron chi connectivity index (χ1n) is 8.22. The Labute approximate surface area is 147 Å². The van der Waals surface area contributed by atoms with Crippen LogP contribution in [0.25, 0.3) is 11.3 Å². The lowest BCUT2D eigenvalue weighted by molar-refractivity contribution is 0.355. The largest absolute Gasteiger partial charge is 0.493 e. The standard InChI is InChI=1S/C20H22N2O3/c1-23-19-8-6-15(13-20(19)24-2)18-9-7-17(25-18)14-21-12-10-16-5-3-4-11-22-16/h3-9,11,13,21H,10,12,14H2,1-2H3. The van der Waals surface area contributed by atoms with E-state index in [4.69, 9.17) is 13.9 Å². The zero-order valence-electron chi connectivity index (χ0n) is 14.5.